The van der Waals surface area contributed by atoms with Crippen LogP contribution in [0.2, 0.25) is 0 Å². The number of ether oxygens (including phenoxy) is 2. The number of carbonyl (C=O) groups is 2. The Morgan fingerprint density at radius 2 is 2.04 bits per heavy atom. The summed E-state index contributed by atoms with van der Waals surface area (Å²) in [5, 5.41) is 2.51. The Kier molecular flexibility index (Phi) is 4.77. The lowest BCUT2D eigenvalue weighted by atomic mass is 10.0. The normalized spacial score (nSPS) is 20.5. The van der Waals surface area contributed by atoms with E-state index in [1.807, 2.05) is 27.7 Å². The van der Waals surface area contributed by atoms with Crippen LogP contribution in [0.3, 0.4) is 0 Å². The molecule has 2 amide bonds. The monoisotopic (exact) mass is 321 g/mol. The van der Waals surface area contributed by atoms with Gasteiger partial charge in [-0.05, 0) is 39.8 Å². The smallest absolute Gasteiger partial charge is 0.410 e. The van der Waals surface area contributed by atoms with Crippen molar-refractivity contribution >= 4 is 12.0 Å². The molecule has 126 valence electrons. The number of aromatic nitrogens is 1. The van der Waals surface area contributed by atoms with Crippen LogP contribution >= 0.6 is 0 Å². The second kappa shape index (κ2) is 6.44. The van der Waals surface area contributed by atoms with Crippen molar-refractivity contribution in [2.24, 2.45) is 0 Å². The van der Waals surface area contributed by atoms with Crippen LogP contribution in [0.5, 0.6) is 5.75 Å². The molecule has 1 fully saturated rings. The van der Waals surface area contributed by atoms with Gasteiger partial charge in [0.05, 0.1) is 18.8 Å². The van der Waals surface area contributed by atoms with E-state index in [1.165, 1.54) is 6.20 Å². The van der Waals surface area contributed by atoms with Crippen LogP contribution in [0.25, 0.3) is 0 Å². The largest absolute Gasteiger partial charge is 0.485 e. The maximum absolute atomic E-state index is 12.0. The first-order valence-corrected chi connectivity index (χ1v) is 7.55. The zero-order valence-corrected chi connectivity index (χ0v) is 14.1. The third kappa shape index (κ3) is 4.12. The molecular weight excluding hydrogens is 298 g/mol. The zero-order valence-electron chi connectivity index (χ0n) is 14.1. The lowest BCUT2D eigenvalue weighted by molar-refractivity contribution is -0.0537. The lowest BCUT2D eigenvalue weighted by Crippen LogP contribution is -2.63. The Morgan fingerprint density at radius 1 is 1.35 bits per heavy atom. The molecule has 1 N–H and O–H groups in total. The highest BCUT2D eigenvalue weighted by Gasteiger charge is 2.42. The number of nitrogens with zero attached hydrogens (tertiary/aromatic N) is 2. The predicted octanol–water partition coefficient (Wildman–Crippen LogP) is 1.83. The summed E-state index contributed by atoms with van der Waals surface area (Å²) in [5.41, 5.74) is -0.181. The first-order valence-electron chi connectivity index (χ1n) is 7.55. The first-order chi connectivity index (χ1) is 10.7. The molecule has 2 heterocycles. The molecule has 7 heteroatoms. The Morgan fingerprint density at radius 3 is 2.52 bits per heavy atom. The minimum absolute atomic E-state index is 0.0801. The molecule has 0 radical (unpaired) electrons. The predicted molar refractivity (Wildman–Crippen MR) is 84.4 cm³/mol. The van der Waals surface area contributed by atoms with Crippen LogP contribution < -0.4 is 10.1 Å². The van der Waals surface area contributed by atoms with E-state index in [0.717, 1.165) is 0 Å². The van der Waals surface area contributed by atoms with Gasteiger partial charge in [-0.15, -0.1) is 0 Å². The number of nitrogens with one attached hydrogen (secondary N) is 1. The topological polar surface area (TPSA) is 80.8 Å². The van der Waals surface area contributed by atoms with Gasteiger partial charge in [-0.2, -0.15) is 0 Å². The molecule has 0 aliphatic carbocycles. The quantitative estimate of drug-likeness (QED) is 0.918. The maximum Gasteiger partial charge on any atom is 0.410 e. The molecule has 0 saturated carbocycles. The number of hydrogen-bond donors (Lipinski definition) is 1. The van der Waals surface area contributed by atoms with E-state index >= 15 is 0 Å². The van der Waals surface area contributed by atoms with E-state index in [2.05, 4.69) is 10.3 Å². The third-order valence-electron chi connectivity index (χ3n) is 3.52. The molecule has 0 bridgehead atoms. The minimum atomic E-state index is -0.512. The van der Waals surface area contributed by atoms with Crippen molar-refractivity contribution < 1.29 is 19.1 Å². The highest BCUT2D eigenvalue weighted by Crippen LogP contribution is 2.25. The fourth-order valence-corrected chi connectivity index (χ4v) is 2.16. The molecule has 1 aromatic heterocycles. The summed E-state index contributed by atoms with van der Waals surface area (Å²) in [7, 11) is 1.55. The molecule has 1 aliphatic rings. The molecule has 1 saturated heterocycles. The third-order valence-corrected chi connectivity index (χ3v) is 3.52. The SMILES string of the molecule is CNC(=O)c1ccc(O[C@@H]2CN(C(=O)OC(C)(C)C)[C@@H]2C)cn1. The van der Waals surface area contributed by atoms with Gasteiger partial charge in [-0.1, -0.05) is 0 Å². The van der Waals surface area contributed by atoms with Crippen molar-refractivity contribution in [1.82, 2.24) is 15.2 Å². The van der Waals surface area contributed by atoms with Gasteiger partial charge in [-0.3, -0.25) is 9.69 Å². The van der Waals surface area contributed by atoms with E-state index in [-0.39, 0.29) is 24.1 Å². The number of hydrogen-bond acceptors (Lipinski definition) is 5. The standard InChI is InChI=1S/C16H23N3O4/c1-10-13(9-19(10)15(21)23-16(2,3)4)22-11-6-7-12(18-8-11)14(20)17-5/h6-8,10,13H,9H2,1-5H3,(H,17,20)/t10-,13-/m1/s1. The number of amides is 2. The molecule has 0 aromatic carbocycles. The first kappa shape index (κ1) is 17.1. The van der Waals surface area contributed by atoms with Crippen molar-refractivity contribution in [2.45, 2.75) is 45.4 Å². The highest BCUT2D eigenvalue weighted by atomic mass is 16.6. The van der Waals surface area contributed by atoms with E-state index in [0.29, 0.717) is 18.0 Å². The molecular formula is C16H23N3O4. The van der Waals surface area contributed by atoms with Crippen molar-refractivity contribution in [3.05, 3.63) is 24.0 Å². The van der Waals surface area contributed by atoms with Gasteiger partial charge in [0.15, 0.2) is 0 Å². The van der Waals surface area contributed by atoms with E-state index in [9.17, 15) is 9.59 Å². The average molecular weight is 321 g/mol. The van der Waals surface area contributed by atoms with Crippen molar-refractivity contribution in [2.75, 3.05) is 13.6 Å². The number of pyridine rings is 1. The Bertz CT molecular complexity index is 580. The highest BCUT2D eigenvalue weighted by molar-refractivity contribution is 5.91. The summed E-state index contributed by atoms with van der Waals surface area (Å²) in [4.78, 5) is 29.1. The van der Waals surface area contributed by atoms with Crippen molar-refractivity contribution in [1.29, 1.82) is 0 Å². The van der Waals surface area contributed by atoms with Crippen molar-refractivity contribution in [3.63, 3.8) is 0 Å². The Balaban J connectivity index is 1.89. The van der Waals surface area contributed by atoms with Crippen LogP contribution in [0, 0.1) is 0 Å². The summed E-state index contributed by atoms with van der Waals surface area (Å²) in [6, 6.07) is 3.22. The second-order valence-corrected chi connectivity index (χ2v) is 6.49. The maximum atomic E-state index is 12.0. The van der Waals surface area contributed by atoms with Gasteiger partial charge >= 0.3 is 6.09 Å². The molecule has 1 aliphatic heterocycles. The summed E-state index contributed by atoms with van der Waals surface area (Å²) >= 11 is 0. The average Bonchev–Trinajstić information content (AvgIpc) is 2.48. The van der Waals surface area contributed by atoms with Crippen LogP contribution in [0.4, 0.5) is 4.79 Å². The fraction of sp³-hybridized carbons (Fsp3) is 0.562. The van der Waals surface area contributed by atoms with Gasteiger partial charge in [0.1, 0.15) is 23.1 Å². The van der Waals surface area contributed by atoms with Gasteiger partial charge < -0.3 is 14.8 Å². The number of likely N-dealkylation sites (tertiary alicyclic amines) is 1. The van der Waals surface area contributed by atoms with E-state index in [4.69, 9.17) is 9.47 Å². The molecule has 23 heavy (non-hydrogen) atoms. The molecule has 2 atom stereocenters. The van der Waals surface area contributed by atoms with Crippen LogP contribution in [-0.4, -0.2) is 53.2 Å². The van der Waals surface area contributed by atoms with E-state index in [1.54, 1.807) is 24.1 Å². The minimum Gasteiger partial charge on any atom is -0.485 e. The molecule has 0 spiro atoms. The van der Waals surface area contributed by atoms with Crippen molar-refractivity contribution in [3.8, 4) is 5.75 Å². The summed E-state index contributed by atoms with van der Waals surface area (Å²) < 4.78 is 11.1. The van der Waals surface area contributed by atoms with Crippen LogP contribution in [0.15, 0.2) is 18.3 Å². The zero-order chi connectivity index (χ0) is 17.2. The number of carbonyl (C=O) groups excluding carboxylic acids is 2. The van der Waals surface area contributed by atoms with Gasteiger partial charge in [0, 0.05) is 7.05 Å². The number of rotatable bonds is 3. The molecule has 1 aromatic rings. The van der Waals surface area contributed by atoms with Crippen LogP contribution in [0.1, 0.15) is 38.2 Å². The van der Waals surface area contributed by atoms with Crippen LogP contribution in [-0.2, 0) is 4.74 Å². The lowest BCUT2D eigenvalue weighted by Gasteiger charge is -2.45. The molecule has 7 nitrogen and oxygen atoms in total. The summed E-state index contributed by atoms with van der Waals surface area (Å²) in [5.74, 6) is 0.322. The Labute approximate surface area is 136 Å². The van der Waals surface area contributed by atoms with E-state index < -0.39 is 5.60 Å². The molecule has 2 rings (SSSR count). The fourth-order valence-electron chi connectivity index (χ4n) is 2.16. The Hall–Kier alpha value is -2.31. The van der Waals surface area contributed by atoms with Gasteiger partial charge in [0.25, 0.3) is 5.91 Å². The van der Waals surface area contributed by atoms with Gasteiger partial charge in [0.2, 0.25) is 0 Å². The second-order valence-electron chi connectivity index (χ2n) is 6.49. The molecule has 0 unspecified atom stereocenters. The summed E-state index contributed by atoms with van der Waals surface area (Å²) in [6.45, 7) is 7.88. The summed E-state index contributed by atoms with van der Waals surface area (Å²) in [6.07, 6.45) is 1.06. The van der Waals surface area contributed by atoms with Gasteiger partial charge in [-0.25, -0.2) is 9.78 Å².